The molecule has 1 aromatic heterocycles. The van der Waals surface area contributed by atoms with Gasteiger partial charge in [0.1, 0.15) is 5.82 Å². The predicted molar refractivity (Wildman–Crippen MR) is 66.2 cm³/mol. The van der Waals surface area contributed by atoms with Gasteiger partial charge in [0.15, 0.2) is 0 Å². The molecule has 0 aliphatic carbocycles. The van der Waals surface area contributed by atoms with Crippen molar-refractivity contribution in [2.24, 2.45) is 0 Å². The Bertz CT molecular complexity index is 545. The molecule has 2 aromatic rings. The highest BCUT2D eigenvalue weighted by Crippen LogP contribution is 2.21. The number of aromatic nitrogens is 3. The Balaban J connectivity index is 2.26. The number of para-hydroxylation sites is 1. The van der Waals surface area contributed by atoms with Crippen LogP contribution < -0.4 is 10.6 Å². The van der Waals surface area contributed by atoms with Crippen LogP contribution in [-0.4, -0.2) is 27.3 Å². The van der Waals surface area contributed by atoms with E-state index in [1.807, 2.05) is 6.92 Å². The summed E-state index contributed by atoms with van der Waals surface area (Å²) in [6.07, 6.45) is 0. The predicted octanol–water partition coefficient (Wildman–Crippen LogP) is 1.76. The Morgan fingerprint density at radius 3 is 3.00 bits per heavy atom. The molecule has 0 fully saturated rings. The van der Waals surface area contributed by atoms with Gasteiger partial charge in [-0.05, 0) is 24.3 Å². The summed E-state index contributed by atoms with van der Waals surface area (Å²) in [6, 6.07) is 4.30. The summed E-state index contributed by atoms with van der Waals surface area (Å²) in [5.74, 6) is -0.927. The molecule has 0 bridgehead atoms. The van der Waals surface area contributed by atoms with Crippen molar-refractivity contribution < 1.29 is 9.18 Å². The summed E-state index contributed by atoms with van der Waals surface area (Å²) in [4.78, 5) is 12.0. The van der Waals surface area contributed by atoms with Gasteiger partial charge in [0.2, 0.25) is 5.13 Å². The normalized spacial score (nSPS) is 10.1. The lowest BCUT2D eigenvalue weighted by molar-refractivity contribution is 0.102. The highest BCUT2D eigenvalue weighted by atomic mass is 32.1. The molecule has 2 rings (SSSR count). The van der Waals surface area contributed by atoms with Crippen LogP contribution in [0.15, 0.2) is 18.2 Å². The van der Waals surface area contributed by atoms with Crippen LogP contribution in [0.4, 0.5) is 15.2 Å². The number of rotatable bonds is 4. The molecule has 1 aromatic carbocycles. The molecule has 0 radical (unpaired) electrons. The number of hydrogen-bond donors (Lipinski definition) is 2. The smallest absolute Gasteiger partial charge is 0.259 e. The molecule has 1 heterocycles. The lowest BCUT2D eigenvalue weighted by atomic mass is 10.1. The summed E-state index contributed by atoms with van der Waals surface area (Å²) in [6.45, 7) is 2.34. The van der Waals surface area contributed by atoms with Crippen molar-refractivity contribution in [1.82, 2.24) is 14.8 Å². The first kappa shape index (κ1) is 12.4. The summed E-state index contributed by atoms with van der Waals surface area (Å²) in [5, 5.41) is 12.5. The Labute approximate surface area is 106 Å². The first-order chi connectivity index (χ1) is 8.72. The van der Waals surface area contributed by atoms with Gasteiger partial charge in [-0.3, -0.25) is 10.1 Å². The fourth-order valence-corrected chi connectivity index (χ4v) is 1.78. The van der Waals surface area contributed by atoms with Crippen molar-refractivity contribution >= 4 is 28.3 Å². The van der Waals surface area contributed by atoms with Crippen molar-refractivity contribution in [2.45, 2.75) is 6.92 Å². The number of amides is 1. The van der Waals surface area contributed by atoms with E-state index < -0.39 is 11.7 Å². The van der Waals surface area contributed by atoms with E-state index in [1.54, 1.807) is 0 Å². The van der Waals surface area contributed by atoms with Gasteiger partial charge in [0, 0.05) is 18.1 Å². The number of hydrogen-bond acceptors (Lipinski definition) is 6. The van der Waals surface area contributed by atoms with Crippen molar-refractivity contribution in [3.63, 3.8) is 0 Å². The van der Waals surface area contributed by atoms with Crippen LogP contribution in [0.5, 0.6) is 0 Å². The van der Waals surface area contributed by atoms with Crippen LogP contribution in [0.25, 0.3) is 0 Å². The Morgan fingerprint density at radius 1 is 1.50 bits per heavy atom. The van der Waals surface area contributed by atoms with E-state index in [4.69, 9.17) is 0 Å². The van der Waals surface area contributed by atoms with Crippen LogP contribution in [0.1, 0.15) is 17.3 Å². The zero-order chi connectivity index (χ0) is 13.0. The van der Waals surface area contributed by atoms with E-state index in [0.29, 0.717) is 6.54 Å². The molecule has 0 spiro atoms. The van der Waals surface area contributed by atoms with Crippen molar-refractivity contribution in [1.29, 1.82) is 0 Å². The third-order valence-corrected chi connectivity index (χ3v) is 2.64. The quantitative estimate of drug-likeness (QED) is 0.882. The molecule has 0 saturated heterocycles. The van der Waals surface area contributed by atoms with Gasteiger partial charge in [0.05, 0.1) is 11.3 Å². The fourth-order valence-electron chi connectivity index (χ4n) is 1.42. The third-order valence-electron chi connectivity index (χ3n) is 2.13. The highest BCUT2D eigenvalue weighted by molar-refractivity contribution is 7.09. The average molecular weight is 267 g/mol. The Kier molecular flexibility index (Phi) is 3.78. The van der Waals surface area contributed by atoms with Crippen LogP contribution in [-0.2, 0) is 0 Å². The monoisotopic (exact) mass is 267 g/mol. The Morgan fingerprint density at radius 2 is 2.33 bits per heavy atom. The molecule has 94 valence electrons. The summed E-state index contributed by atoms with van der Waals surface area (Å²) in [5.41, 5.74) is 0.391. The lowest BCUT2D eigenvalue weighted by Gasteiger charge is -2.10. The molecule has 0 unspecified atom stereocenters. The highest BCUT2D eigenvalue weighted by Gasteiger charge is 2.15. The zero-order valence-corrected chi connectivity index (χ0v) is 10.3. The standard InChI is InChI=1S/C10H10FN5OS/c1-2-12-8-6(4-3-5-7(8)11)9(17)13-10-14-15-16-18-10/h3-5,12H,2H2,1H3,(H,13,14,16,17). The van der Waals surface area contributed by atoms with Gasteiger partial charge >= 0.3 is 0 Å². The zero-order valence-electron chi connectivity index (χ0n) is 9.48. The van der Waals surface area contributed by atoms with Gasteiger partial charge in [-0.15, -0.1) is 0 Å². The summed E-state index contributed by atoms with van der Waals surface area (Å²) >= 11 is 0.951. The van der Waals surface area contributed by atoms with E-state index in [2.05, 4.69) is 25.4 Å². The van der Waals surface area contributed by atoms with Gasteiger partial charge in [0.25, 0.3) is 5.91 Å². The maximum atomic E-state index is 13.6. The number of nitrogens with zero attached hydrogens (tertiary/aromatic N) is 3. The SMILES string of the molecule is CCNc1c(F)cccc1C(=O)Nc1nnns1. The van der Waals surface area contributed by atoms with Gasteiger partial charge < -0.3 is 5.32 Å². The molecule has 0 aliphatic rings. The topological polar surface area (TPSA) is 79.8 Å². The summed E-state index contributed by atoms with van der Waals surface area (Å²) < 4.78 is 17.1. The maximum Gasteiger partial charge on any atom is 0.259 e. The molecular formula is C10H10FN5OS. The number of halogens is 1. The molecule has 2 N–H and O–H groups in total. The first-order valence-corrected chi connectivity index (χ1v) is 5.98. The van der Waals surface area contributed by atoms with Gasteiger partial charge in [-0.25, -0.2) is 4.39 Å². The fraction of sp³-hybridized carbons (Fsp3) is 0.200. The van der Waals surface area contributed by atoms with Gasteiger partial charge in [-0.2, -0.15) is 0 Å². The minimum Gasteiger partial charge on any atom is -0.382 e. The molecule has 0 atom stereocenters. The Hall–Kier alpha value is -2.09. The summed E-state index contributed by atoms with van der Waals surface area (Å²) in [7, 11) is 0. The van der Waals surface area contributed by atoms with Crippen LogP contribution in [0.2, 0.25) is 0 Å². The number of benzene rings is 1. The van der Waals surface area contributed by atoms with Crippen molar-refractivity contribution in [2.75, 3.05) is 17.2 Å². The average Bonchev–Trinajstić information content (AvgIpc) is 2.84. The van der Waals surface area contributed by atoms with Crippen LogP contribution in [0, 0.1) is 5.82 Å². The third kappa shape index (κ3) is 2.59. The molecule has 8 heteroatoms. The lowest BCUT2D eigenvalue weighted by Crippen LogP contribution is -2.15. The van der Waals surface area contributed by atoms with Crippen molar-refractivity contribution in [3.05, 3.63) is 29.6 Å². The van der Waals surface area contributed by atoms with E-state index in [1.165, 1.54) is 18.2 Å². The minimum absolute atomic E-state index is 0.176. The molecular weight excluding hydrogens is 257 g/mol. The second-order valence-corrected chi connectivity index (χ2v) is 4.05. The van der Waals surface area contributed by atoms with Crippen LogP contribution in [0.3, 0.4) is 0 Å². The number of carbonyl (C=O) groups excluding carboxylic acids is 1. The van der Waals surface area contributed by atoms with Crippen molar-refractivity contribution in [3.8, 4) is 0 Å². The number of nitrogens with one attached hydrogen (secondary N) is 2. The largest absolute Gasteiger partial charge is 0.382 e. The molecule has 18 heavy (non-hydrogen) atoms. The molecule has 6 nitrogen and oxygen atoms in total. The number of carbonyl (C=O) groups is 1. The minimum atomic E-state index is -0.472. The van der Waals surface area contributed by atoms with E-state index in [0.717, 1.165) is 11.5 Å². The molecule has 0 saturated carbocycles. The van der Waals surface area contributed by atoms with E-state index >= 15 is 0 Å². The maximum absolute atomic E-state index is 13.6. The first-order valence-electron chi connectivity index (χ1n) is 5.21. The second kappa shape index (κ2) is 5.50. The molecule has 1 amide bonds. The van der Waals surface area contributed by atoms with E-state index in [9.17, 15) is 9.18 Å². The number of anilines is 2. The molecule has 0 aliphatic heterocycles. The van der Waals surface area contributed by atoms with Crippen LogP contribution >= 0.6 is 11.5 Å². The van der Waals surface area contributed by atoms with E-state index in [-0.39, 0.29) is 16.4 Å². The second-order valence-electron chi connectivity index (χ2n) is 3.31. The van der Waals surface area contributed by atoms with Gasteiger partial charge in [-0.1, -0.05) is 15.7 Å².